The Kier molecular flexibility index (Phi) is 2.85. The normalized spacial score (nSPS) is 14.3. The van der Waals surface area contributed by atoms with Crippen molar-refractivity contribution < 1.29 is 25.5 Å². The van der Waals surface area contributed by atoms with Crippen molar-refractivity contribution in [1.29, 1.82) is 0 Å². The van der Waals surface area contributed by atoms with Crippen LogP contribution in [0, 0.1) is 0 Å². The smallest absolute Gasteiger partial charge is 0.161 e. The number of aromatic hydroxyl groups is 1. The van der Waals surface area contributed by atoms with Gasteiger partial charge >= 0.3 is 0 Å². The van der Waals surface area contributed by atoms with E-state index < -0.39 is 11.5 Å². The van der Waals surface area contributed by atoms with Crippen LogP contribution in [-0.4, -0.2) is 18.2 Å². The largest absolute Gasteiger partial charge is 0.543 e. The van der Waals surface area contributed by atoms with E-state index >= 15 is 0 Å². The van der Waals surface area contributed by atoms with E-state index in [9.17, 15) is 15.0 Å². The van der Waals surface area contributed by atoms with E-state index in [0.717, 1.165) is 0 Å². The van der Waals surface area contributed by atoms with E-state index in [2.05, 4.69) is 5.73 Å². The van der Waals surface area contributed by atoms with Gasteiger partial charge in [0.2, 0.25) is 0 Å². The number of quaternary nitrogens is 1. The Bertz CT molecular complexity index is 387. The van der Waals surface area contributed by atoms with Crippen LogP contribution >= 0.6 is 0 Å². The summed E-state index contributed by atoms with van der Waals surface area (Å²) in [5.41, 5.74) is 2.60. The van der Waals surface area contributed by atoms with Crippen molar-refractivity contribution in [3.05, 3.63) is 23.8 Å². The molecular formula is C10H13NO4. The van der Waals surface area contributed by atoms with Gasteiger partial charge in [0.25, 0.3) is 0 Å². The number of carboxylic acids is 1. The Hall–Kier alpha value is -1.75. The van der Waals surface area contributed by atoms with Crippen LogP contribution in [0.5, 0.6) is 11.5 Å². The van der Waals surface area contributed by atoms with Gasteiger partial charge in [0.15, 0.2) is 17.0 Å². The molecule has 0 radical (unpaired) electrons. The first-order valence-corrected chi connectivity index (χ1v) is 4.34. The molecule has 1 aromatic rings. The highest BCUT2D eigenvalue weighted by Crippen LogP contribution is 2.29. The number of aliphatic carboxylic acids is 1. The highest BCUT2D eigenvalue weighted by atomic mass is 16.5. The Balaban J connectivity index is 3.22. The topological polar surface area (TPSA) is 97.2 Å². The maximum atomic E-state index is 10.8. The zero-order valence-corrected chi connectivity index (χ0v) is 8.61. The summed E-state index contributed by atoms with van der Waals surface area (Å²) in [6, 6.07) is 4.26. The Morgan fingerprint density at radius 2 is 2.20 bits per heavy atom. The van der Waals surface area contributed by atoms with E-state index in [-0.39, 0.29) is 11.5 Å². The molecule has 0 bridgehead atoms. The van der Waals surface area contributed by atoms with Gasteiger partial charge in [0.05, 0.1) is 7.11 Å². The quantitative estimate of drug-likeness (QED) is 0.643. The van der Waals surface area contributed by atoms with E-state index in [4.69, 9.17) is 4.74 Å². The Labute approximate surface area is 87.1 Å². The number of carbonyl (C=O) groups excluding carboxylic acids is 1. The number of phenols is 1. The van der Waals surface area contributed by atoms with E-state index in [1.54, 1.807) is 0 Å². The molecule has 0 aliphatic carbocycles. The zero-order chi connectivity index (χ0) is 11.6. The highest BCUT2D eigenvalue weighted by molar-refractivity contribution is 5.76. The minimum absolute atomic E-state index is 0.0459. The van der Waals surface area contributed by atoms with Gasteiger partial charge in [-0.25, -0.2) is 0 Å². The second-order valence-corrected chi connectivity index (χ2v) is 3.51. The number of ether oxygens (including phenoxy) is 1. The lowest BCUT2D eigenvalue weighted by atomic mass is 9.93. The average molecular weight is 211 g/mol. The molecule has 0 unspecified atom stereocenters. The lowest BCUT2D eigenvalue weighted by molar-refractivity contribution is -0.489. The molecule has 0 saturated heterocycles. The van der Waals surface area contributed by atoms with Crippen molar-refractivity contribution in [1.82, 2.24) is 0 Å². The van der Waals surface area contributed by atoms with Gasteiger partial charge in [-0.15, -0.1) is 0 Å². The monoisotopic (exact) mass is 211 g/mol. The van der Waals surface area contributed by atoms with Crippen LogP contribution in [0.4, 0.5) is 0 Å². The molecule has 0 amide bonds. The van der Waals surface area contributed by atoms with Crippen molar-refractivity contribution in [2.75, 3.05) is 7.11 Å². The molecule has 0 spiro atoms. The molecule has 0 fully saturated rings. The summed E-state index contributed by atoms with van der Waals surface area (Å²) in [6.45, 7) is 1.42. The third-order valence-electron chi connectivity index (χ3n) is 2.27. The summed E-state index contributed by atoms with van der Waals surface area (Å²) in [5.74, 6) is -1.12. The molecule has 15 heavy (non-hydrogen) atoms. The van der Waals surface area contributed by atoms with E-state index in [1.807, 2.05) is 0 Å². The molecule has 0 aliphatic heterocycles. The number of phenolic OH excluding ortho intramolecular Hbond substituents is 1. The first-order chi connectivity index (χ1) is 6.89. The summed E-state index contributed by atoms with van der Waals surface area (Å²) in [6.07, 6.45) is 0. The molecule has 1 rings (SSSR count). The fourth-order valence-electron chi connectivity index (χ4n) is 1.14. The minimum Gasteiger partial charge on any atom is -0.543 e. The van der Waals surface area contributed by atoms with Crippen LogP contribution < -0.4 is 15.6 Å². The molecular weight excluding hydrogens is 198 g/mol. The van der Waals surface area contributed by atoms with Crippen molar-refractivity contribution in [3.63, 3.8) is 0 Å². The molecule has 1 atom stereocenters. The predicted molar refractivity (Wildman–Crippen MR) is 49.9 cm³/mol. The van der Waals surface area contributed by atoms with Crippen molar-refractivity contribution in [3.8, 4) is 11.5 Å². The molecule has 5 nitrogen and oxygen atoms in total. The molecule has 0 aliphatic rings. The van der Waals surface area contributed by atoms with Gasteiger partial charge in [-0.3, -0.25) is 0 Å². The third-order valence-corrected chi connectivity index (χ3v) is 2.27. The second-order valence-electron chi connectivity index (χ2n) is 3.51. The Morgan fingerprint density at radius 3 is 2.67 bits per heavy atom. The summed E-state index contributed by atoms with van der Waals surface area (Å²) < 4.78 is 4.87. The molecule has 0 heterocycles. The molecule has 4 N–H and O–H groups in total. The SMILES string of the molecule is COc1cc([C@@](C)([NH3+])C(=O)[O-])ccc1O. The molecule has 5 heteroatoms. The molecule has 82 valence electrons. The number of rotatable bonds is 3. The number of hydrogen-bond donors (Lipinski definition) is 2. The number of methoxy groups -OCH3 is 1. The average Bonchev–Trinajstić information content (AvgIpc) is 2.18. The minimum atomic E-state index is -1.36. The number of carboxylic acid groups (broad SMARTS) is 1. The van der Waals surface area contributed by atoms with Gasteiger partial charge in [0.1, 0.15) is 5.97 Å². The maximum Gasteiger partial charge on any atom is 0.161 e. The number of carbonyl (C=O) groups is 1. The summed E-state index contributed by atoms with van der Waals surface area (Å²) in [5, 5.41) is 20.2. The Morgan fingerprint density at radius 1 is 1.60 bits per heavy atom. The summed E-state index contributed by atoms with van der Waals surface area (Å²) in [4.78, 5) is 10.8. The number of hydrogen-bond acceptors (Lipinski definition) is 4. The molecule has 0 saturated carbocycles. The van der Waals surface area contributed by atoms with Crippen LogP contribution in [0.25, 0.3) is 0 Å². The van der Waals surface area contributed by atoms with Crippen LogP contribution in [0.3, 0.4) is 0 Å². The summed E-state index contributed by atoms with van der Waals surface area (Å²) >= 11 is 0. The molecule has 0 aromatic heterocycles. The van der Waals surface area contributed by atoms with Crippen LogP contribution in [0.1, 0.15) is 12.5 Å². The maximum absolute atomic E-state index is 10.8. The second kappa shape index (κ2) is 3.78. The van der Waals surface area contributed by atoms with Gasteiger partial charge in [-0.2, -0.15) is 0 Å². The van der Waals surface area contributed by atoms with Crippen molar-refractivity contribution in [2.45, 2.75) is 12.5 Å². The fraction of sp³-hybridized carbons (Fsp3) is 0.300. The third kappa shape index (κ3) is 2.02. The lowest BCUT2D eigenvalue weighted by Gasteiger charge is -2.22. The summed E-state index contributed by atoms with van der Waals surface area (Å²) in [7, 11) is 1.39. The first kappa shape index (κ1) is 11.3. The first-order valence-electron chi connectivity index (χ1n) is 4.34. The van der Waals surface area contributed by atoms with Gasteiger partial charge in [-0.05, 0) is 18.2 Å². The fourth-order valence-corrected chi connectivity index (χ4v) is 1.14. The highest BCUT2D eigenvalue weighted by Gasteiger charge is 2.28. The van der Waals surface area contributed by atoms with E-state index in [1.165, 1.54) is 32.2 Å². The van der Waals surface area contributed by atoms with Crippen LogP contribution in [0.2, 0.25) is 0 Å². The van der Waals surface area contributed by atoms with Crippen molar-refractivity contribution in [2.24, 2.45) is 0 Å². The zero-order valence-electron chi connectivity index (χ0n) is 8.61. The lowest BCUT2D eigenvalue weighted by Crippen LogP contribution is -2.75. The molecule has 1 aromatic carbocycles. The number of benzene rings is 1. The van der Waals surface area contributed by atoms with Crippen LogP contribution in [0.15, 0.2) is 18.2 Å². The van der Waals surface area contributed by atoms with Gasteiger partial charge in [0, 0.05) is 12.5 Å². The van der Waals surface area contributed by atoms with E-state index in [0.29, 0.717) is 5.56 Å². The van der Waals surface area contributed by atoms with Crippen LogP contribution in [-0.2, 0) is 10.3 Å². The van der Waals surface area contributed by atoms with Gasteiger partial charge < -0.3 is 25.5 Å². The van der Waals surface area contributed by atoms with Gasteiger partial charge in [-0.1, -0.05) is 0 Å². The predicted octanol–water partition coefficient (Wildman–Crippen LogP) is -1.39. The standard InChI is InChI=1S/C10H13NO4/c1-10(11,9(13)14)6-3-4-7(12)8(5-6)15-2/h3-5,12H,11H2,1-2H3,(H,13,14)/t10-/m1/s1. The van der Waals surface area contributed by atoms with Crippen molar-refractivity contribution >= 4 is 5.97 Å².